The number of nitrogens with one attached hydrogen (secondary N) is 1. The predicted molar refractivity (Wildman–Crippen MR) is 66.3 cm³/mol. The van der Waals surface area contributed by atoms with Gasteiger partial charge in [-0.1, -0.05) is 23.2 Å². The van der Waals surface area contributed by atoms with Crippen molar-refractivity contribution in [2.75, 3.05) is 31.1 Å². The zero-order valence-electron chi connectivity index (χ0n) is 8.69. The molecule has 0 radical (unpaired) electrons. The highest BCUT2D eigenvalue weighted by Gasteiger charge is 2.14. The zero-order valence-corrected chi connectivity index (χ0v) is 10.2. The molecule has 4 heteroatoms. The molecule has 1 aromatic rings. The molecule has 1 heterocycles. The maximum Gasteiger partial charge on any atom is 0.0470 e. The molecule has 0 unspecified atom stereocenters. The van der Waals surface area contributed by atoms with Crippen LogP contribution in [0.3, 0.4) is 0 Å². The molecule has 15 heavy (non-hydrogen) atoms. The molecule has 0 aromatic heterocycles. The lowest BCUT2D eigenvalue weighted by molar-refractivity contribution is 0.588. The van der Waals surface area contributed by atoms with Crippen LogP contribution in [0.5, 0.6) is 0 Å². The number of hydrogen-bond donors (Lipinski definition) is 1. The monoisotopic (exact) mass is 244 g/mol. The van der Waals surface area contributed by atoms with Crippen LogP contribution in [0.4, 0.5) is 5.69 Å². The molecule has 0 atom stereocenters. The molecular formula is C11H14Cl2N2. The second-order valence-corrected chi connectivity index (χ2v) is 4.61. The highest BCUT2D eigenvalue weighted by molar-refractivity contribution is 6.35. The Morgan fingerprint density at radius 3 is 2.53 bits per heavy atom. The predicted octanol–water partition coefficient (Wildman–Crippen LogP) is 2.71. The van der Waals surface area contributed by atoms with Crippen molar-refractivity contribution in [1.82, 2.24) is 5.32 Å². The van der Waals surface area contributed by atoms with E-state index in [1.165, 1.54) is 0 Å². The van der Waals surface area contributed by atoms with Crippen LogP contribution in [0.2, 0.25) is 10.0 Å². The van der Waals surface area contributed by atoms with Crippen LogP contribution in [0.25, 0.3) is 0 Å². The fourth-order valence-corrected chi connectivity index (χ4v) is 2.35. The van der Waals surface area contributed by atoms with E-state index in [2.05, 4.69) is 10.2 Å². The average Bonchev–Trinajstić information content (AvgIpc) is 2.24. The maximum atomic E-state index is 6.11. The molecule has 1 aliphatic rings. The minimum absolute atomic E-state index is 0.708. The third kappa shape index (κ3) is 2.39. The van der Waals surface area contributed by atoms with E-state index >= 15 is 0 Å². The first kappa shape index (κ1) is 11.1. The standard InChI is InChI=1S/C11H14Cl2N2/c1-8-10(13)6-9(12)7-11(8)15-4-2-14-3-5-15/h6-7,14H,2-5H2,1H3. The Bertz CT molecular complexity index is 360. The minimum Gasteiger partial charge on any atom is -0.369 e. The minimum atomic E-state index is 0.708. The van der Waals surface area contributed by atoms with E-state index < -0.39 is 0 Å². The summed E-state index contributed by atoms with van der Waals surface area (Å²) in [6.45, 7) is 6.10. The molecule has 0 amide bonds. The largest absolute Gasteiger partial charge is 0.369 e. The van der Waals surface area contributed by atoms with E-state index in [1.807, 2.05) is 13.0 Å². The normalized spacial score (nSPS) is 16.9. The second kappa shape index (κ2) is 4.60. The number of anilines is 1. The summed E-state index contributed by atoms with van der Waals surface area (Å²) in [6.07, 6.45) is 0. The number of benzene rings is 1. The summed E-state index contributed by atoms with van der Waals surface area (Å²) in [7, 11) is 0. The van der Waals surface area contributed by atoms with E-state index in [4.69, 9.17) is 23.2 Å². The van der Waals surface area contributed by atoms with Crippen LogP contribution in [0.15, 0.2) is 12.1 Å². The average molecular weight is 245 g/mol. The van der Waals surface area contributed by atoms with Crippen molar-refractivity contribution >= 4 is 28.9 Å². The lowest BCUT2D eigenvalue weighted by atomic mass is 10.1. The van der Waals surface area contributed by atoms with Crippen molar-refractivity contribution in [3.05, 3.63) is 27.7 Å². The Balaban J connectivity index is 2.33. The third-order valence-corrected chi connectivity index (χ3v) is 3.35. The first-order valence-electron chi connectivity index (χ1n) is 5.10. The molecule has 1 N–H and O–H groups in total. The molecule has 2 nitrogen and oxygen atoms in total. The summed E-state index contributed by atoms with van der Waals surface area (Å²) in [5.74, 6) is 0. The summed E-state index contributed by atoms with van der Waals surface area (Å²) in [4.78, 5) is 2.32. The van der Waals surface area contributed by atoms with Gasteiger partial charge in [0, 0.05) is 41.9 Å². The smallest absolute Gasteiger partial charge is 0.0470 e. The van der Waals surface area contributed by atoms with Crippen LogP contribution in [0, 0.1) is 6.92 Å². The first-order valence-corrected chi connectivity index (χ1v) is 5.85. The van der Waals surface area contributed by atoms with E-state index in [1.54, 1.807) is 6.07 Å². The molecule has 0 bridgehead atoms. The van der Waals surface area contributed by atoms with Gasteiger partial charge < -0.3 is 10.2 Å². The van der Waals surface area contributed by atoms with Crippen molar-refractivity contribution in [2.45, 2.75) is 6.92 Å². The van der Waals surface area contributed by atoms with Gasteiger partial charge in [-0.05, 0) is 24.6 Å². The molecule has 0 spiro atoms. The Morgan fingerprint density at radius 1 is 1.20 bits per heavy atom. The van der Waals surface area contributed by atoms with Crippen LogP contribution in [-0.2, 0) is 0 Å². The van der Waals surface area contributed by atoms with Gasteiger partial charge in [0.15, 0.2) is 0 Å². The van der Waals surface area contributed by atoms with Crippen molar-refractivity contribution in [3.8, 4) is 0 Å². The van der Waals surface area contributed by atoms with E-state index in [0.29, 0.717) is 5.02 Å². The van der Waals surface area contributed by atoms with Gasteiger partial charge in [0.2, 0.25) is 0 Å². The van der Waals surface area contributed by atoms with Gasteiger partial charge >= 0.3 is 0 Å². The number of rotatable bonds is 1. The Labute approximate surface area is 100 Å². The molecule has 82 valence electrons. The van der Waals surface area contributed by atoms with E-state index in [0.717, 1.165) is 42.5 Å². The van der Waals surface area contributed by atoms with E-state index in [-0.39, 0.29) is 0 Å². The molecule has 1 aromatic carbocycles. The van der Waals surface area contributed by atoms with Crippen molar-refractivity contribution in [3.63, 3.8) is 0 Å². The lowest BCUT2D eigenvalue weighted by Crippen LogP contribution is -2.43. The first-order chi connectivity index (χ1) is 7.18. The summed E-state index contributed by atoms with van der Waals surface area (Å²) in [6, 6.07) is 3.79. The Kier molecular flexibility index (Phi) is 3.39. The van der Waals surface area contributed by atoms with Gasteiger partial charge in [0.05, 0.1) is 0 Å². The van der Waals surface area contributed by atoms with Gasteiger partial charge in [-0.15, -0.1) is 0 Å². The summed E-state index contributed by atoms with van der Waals surface area (Å²) >= 11 is 12.1. The van der Waals surface area contributed by atoms with Crippen LogP contribution in [0.1, 0.15) is 5.56 Å². The third-order valence-electron chi connectivity index (χ3n) is 2.74. The Hall–Kier alpha value is -0.440. The van der Waals surface area contributed by atoms with E-state index in [9.17, 15) is 0 Å². The van der Waals surface area contributed by atoms with Crippen molar-refractivity contribution in [2.24, 2.45) is 0 Å². The fourth-order valence-electron chi connectivity index (χ4n) is 1.87. The number of hydrogen-bond acceptors (Lipinski definition) is 2. The topological polar surface area (TPSA) is 15.3 Å². The number of nitrogens with zero attached hydrogens (tertiary/aromatic N) is 1. The van der Waals surface area contributed by atoms with Gasteiger partial charge in [0.25, 0.3) is 0 Å². The van der Waals surface area contributed by atoms with Gasteiger partial charge in [-0.2, -0.15) is 0 Å². The summed E-state index contributed by atoms with van der Waals surface area (Å²) in [5, 5.41) is 4.78. The SMILES string of the molecule is Cc1c(Cl)cc(Cl)cc1N1CCNCC1. The van der Waals surface area contributed by atoms with Crippen LogP contribution < -0.4 is 10.2 Å². The quantitative estimate of drug-likeness (QED) is 0.818. The molecule has 0 saturated carbocycles. The fraction of sp³-hybridized carbons (Fsp3) is 0.455. The number of piperazine rings is 1. The molecule has 1 fully saturated rings. The Morgan fingerprint density at radius 2 is 1.87 bits per heavy atom. The number of halogens is 2. The second-order valence-electron chi connectivity index (χ2n) is 3.77. The zero-order chi connectivity index (χ0) is 10.8. The highest BCUT2D eigenvalue weighted by Crippen LogP contribution is 2.30. The molecule has 1 aliphatic heterocycles. The lowest BCUT2D eigenvalue weighted by Gasteiger charge is -2.31. The maximum absolute atomic E-state index is 6.11. The van der Waals surface area contributed by atoms with Crippen molar-refractivity contribution < 1.29 is 0 Å². The highest BCUT2D eigenvalue weighted by atomic mass is 35.5. The molecular weight excluding hydrogens is 231 g/mol. The van der Waals surface area contributed by atoms with Crippen molar-refractivity contribution in [1.29, 1.82) is 0 Å². The van der Waals surface area contributed by atoms with Gasteiger partial charge in [-0.3, -0.25) is 0 Å². The molecule has 0 aliphatic carbocycles. The van der Waals surface area contributed by atoms with Gasteiger partial charge in [-0.25, -0.2) is 0 Å². The van der Waals surface area contributed by atoms with Gasteiger partial charge in [0.1, 0.15) is 0 Å². The summed E-state index contributed by atoms with van der Waals surface area (Å²) in [5.41, 5.74) is 2.27. The molecule has 2 rings (SSSR count). The van der Waals surface area contributed by atoms with Crippen LogP contribution in [-0.4, -0.2) is 26.2 Å². The molecule has 1 saturated heterocycles. The van der Waals surface area contributed by atoms with Crippen LogP contribution >= 0.6 is 23.2 Å². The summed E-state index contributed by atoms with van der Waals surface area (Å²) < 4.78 is 0.